The standard InChI is InChI=1S/C32H31ClN6O2/c1-20-34-18-28(37(20)3)32(40,29-19-35-21(2)38(29)4)23-10-13-27-25(17-23)30(33)26(31(36-27)41-5)16-22-8-11-24(12-9-22)39-14-6-7-15-39/h6-15,17-19,40H,16H2,1-5H3. The molecule has 0 aliphatic carbocycles. The molecule has 0 amide bonds. The highest BCUT2D eigenvalue weighted by Gasteiger charge is 2.40. The van der Waals surface area contributed by atoms with Crippen molar-refractivity contribution < 1.29 is 9.84 Å². The molecular weight excluding hydrogens is 536 g/mol. The maximum absolute atomic E-state index is 12.6. The Kier molecular flexibility index (Phi) is 6.68. The highest BCUT2D eigenvalue weighted by atomic mass is 35.5. The summed E-state index contributed by atoms with van der Waals surface area (Å²) >= 11 is 7.13. The molecule has 0 aliphatic heterocycles. The summed E-state index contributed by atoms with van der Waals surface area (Å²) in [6, 6.07) is 18.0. The molecule has 0 radical (unpaired) electrons. The van der Waals surface area contributed by atoms with Crippen molar-refractivity contribution in [3.8, 4) is 11.6 Å². The summed E-state index contributed by atoms with van der Waals surface area (Å²) in [7, 11) is 5.39. The van der Waals surface area contributed by atoms with Crippen LogP contribution in [0.5, 0.6) is 5.88 Å². The minimum absolute atomic E-state index is 0.476. The number of benzene rings is 2. The van der Waals surface area contributed by atoms with Crippen LogP contribution < -0.4 is 4.74 Å². The third-order valence-electron chi connectivity index (χ3n) is 7.99. The van der Waals surface area contributed by atoms with Gasteiger partial charge in [-0.3, -0.25) is 0 Å². The van der Waals surface area contributed by atoms with Crippen LogP contribution >= 0.6 is 11.6 Å². The van der Waals surface area contributed by atoms with Crippen molar-refractivity contribution in [3.05, 3.63) is 124 Å². The van der Waals surface area contributed by atoms with Gasteiger partial charge in [-0.25, -0.2) is 15.0 Å². The van der Waals surface area contributed by atoms with Gasteiger partial charge in [0.25, 0.3) is 0 Å². The molecule has 4 heterocycles. The number of methoxy groups -OCH3 is 1. The van der Waals surface area contributed by atoms with Gasteiger partial charge in [0.15, 0.2) is 5.60 Å². The topological polar surface area (TPSA) is 82.9 Å². The number of pyridine rings is 1. The molecule has 0 saturated carbocycles. The van der Waals surface area contributed by atoms with Crippen LogP contribution in [0.3, 0.4) is 0 Å². The molecule has 6 rings (SSSR count). The van der Waals surface area contributed by atoms with E-state index >= 15 is 0 Å². The number of aliphatic hydroxyl groups is 1. The quantitative estimate of drug-likeness (QED) is 0.270. The van der Waals surface area contributed by atoms with Crippen molar-refractivity contribution in [2.45, 2.75) is 25.9 Å². The van der Waals surface area contributed by atoms with Gasteiger partial charge in [0.2, 0.25) is 5.88 Å². The second-order valence-electron chi connectivity index (χ2n) is 10.3. The number of hydrogen-bond donors (Lipinski definition) is 1. The number of nitrogens with zero attached hydrogens (tertiary/aromatic N) is 6. The maximum Gasteiger partial charge on any atom is 0.218 e. The molecule has 4 aromatic heterocycles. The van der Waals surface area contributed by atoms with Crippen LogP contribution in [0.2, 0.25) is 5.02 Å². The molecule has 208 valence electrons. The van der Waals surface area contributed by atoms with Crippen molar-refractivity contribution in [1.82, 2.24) is 28.7 Å². The zero-order valence-electron chi connectivity index (χ0n) is 23.6. The summed E-state index contributed by atoms with van der Waals surface area (Å²) in [5, 5.41) is 13.8. The van der Waals surface area contributed by atoms with Crippen molar-refractivity contribution in [3.63, 3.8) is 0 Å². The molecule has 0 fully saturated rings. The first kappa shape index (κ1) is 26.8. The number of ether oxygens (including phenoxy) is 1. The lowest BCUT2D eigenvalue weighted by atomic mass is 9.86. The molecular formula is C32H31ClN6O2. The average Bonchev–Trinajstić information content (AvgIpc) is 3.72. The molecule has 0 aliphatic rings. The summed E-state index contributed by atoms with van der Waals surface area (Å²) in [6.07, 6.45) is 7.98. The second kappa shape index (κ2) is 10.2. The lowest BCUT2D eigenvalue weighted by Gasteiger charge is -2.30. The van der Waals surface area contributed by atoms with Gasteiger partial charge in [0.05, 0.1) is 41.4 Å². The SMILES string of the molecule is COc1nc2ccc(C(O)(c3cnc(C)n3C)c3cnc(C)n3C)cc2c(Cl)c1Cc1ccc(-n2cccc2)cc1. The largest absolute Gasteiger partial charge is 0.481 e. The molecule has 8 nitrogen and oxygen atoms in total. The fraction of sp³-hybridized carbons (Fsp3) is 0.219. The summed E-state index contributed by atoms with van der Waals surface area (Å²) in [5.41, 5.74) is 3.94. The van der Waals surface area contributed by atoms with Gasteiger partial charge >= 0.3 is 0 Å². The lowest BCUT2D eigenvalue weighted by Crippen LogP contribution is -2.33. The molecule has 0 unspecified atom stereocenters. The Labute approximate surface area is 243 Å². The van der Waals surface area contributed by atoms with Crippen molar-refractivity contribution >= 4 is 22.5 Å². The van der Waals surface area contributed by atoms with Crippen molar-refractivity contribution in [2.24, 2.45) is 14.1 Å². The van der Waals surface area contributed by atoms with E-state index in [9.17, 15) is 5.11 Å². The molecule has 2 aromatic carbocycles. The van der Waals surface area contributed by atoms with E-state index in [1.165, 1.54) is 0 Å². The van der Waals surface area contributed by atoms with Gasteiger partial charge in [0, 0.05) is 49.5 Å². The third kappa shape index (κ3) is 4.40. The second-order valence-corrected chi connectivity index (χ2v) is 10.7. The Balaban J connectivity index is 1.49. The van der Waals surface area contributed by atoms with E-state index in [4.69, 9.17) is 21.3 Å². The number of halogens is 1. The van der Waals surface area contributed by atoms with Gasteiger partial charge in [-0.2, -0.15) is 0 Å². The van der Waals surface area contributed by atoms with E-state index in [0.717, 1.165) is 33.8 Å². The van der Waals surface area contributed by atoms with Crippen LogP contribution in [0.25, 0.3) is 16.6 Å². The minimum atomic E-state index is -1.54. The monoisotopic (exact) mass is 566 g/mol. The number of aromatic nitrogens is 6. The van der Waals surface area contributed by atoms with Gasteiger partial charge < -0.3 is 23.5 Å². The van der Waals surface area contributed by atoms with E-state index in [2.05, 4.69) is 38.8 Å². The molecule has 0 saturated heterocycles. The number of hydrogen-bond acceptors (Lipinski definition) is 5. The Hall–Kier alpha value is -4.40. The van der Waals surface area contributed by atoms with Gasteiger partial charge in [0.1, 0.15) is 11.6 Å². The summed E-state index contributed by atoms with van der Waals surface area (Å²) in [4.78, 5) is 13.7. The summed E-state index contributed by atoms with van der Waals surface area (Å²) < 4.78 is 11.5. The average molecular weight is 567 g/mol. The van der Waals surface area contributed by atoms with E-state index in [0.29, 0.717) is 39.8 Å². The predicted octanol–water partition coefficient (Wildman–Crippen LogP) is 5.65. The number of imidazole rings is 2. The number of aryl methyl sites for hydroxylation is 2. The minimum Gasteiger partial charge on any atom is -0.481 e. The predicted molar refractivity (Wildman–Crippen MR) is 160 cm³/mol. The van der Waals surface area contributed by atoms with Crippen LogP contribution in [0.15, 0.2) is 79.4 Å². The van der Waals surface area contributed by atoms with E-state index in [1.807, 2.05) is 79.8 Å². The maximum atomic E-state index is 12.6. The lowest BCUT2D eigenvalue weighted by molar-refractivity contribution is 0.109. The molecule has 0 bridgehead atoms. The zero-order chi connectivity index (χ0) is 28.9. The highest BCUT2D eigenvalue weighted by molar-refractivity contribution is 6.36. The Morgan fingerprint density at radius 2 is 1.51 bits per heavy atom. The smallest absolute Gasteiger partial charge is 0.218 e. The number of fused-ring (bicyclic) bond motifs is 1. The van der Waals surface area contributed by atoms with Crippen molar-refractivity contribution in [2.75, 3.05) is 7.11 Å². The van der Waals surface area contributed by atoms with Crippen LogP contribution in [0.4, 0.5) is 0 Å². The fourth-order valence-corrected chi connectivity index (χ4v) is 5.69. The van der Waals surface area contributed by atoms with Crippen molar-refractivity contribution in [1.29, 1.82) is 0 Å². The van der Waals surface area contributed by atoms with Crippen LogP contribution in [0.1, 0.15) is 39.7 Å². The summed E-state index contributed by atoms with van der Waals surface area (Å²) in [5.74, 6) is 2.05. The third-order valence-corrected chi connectivity index (χ3v) is 8.42. The van der Waals surface area contributed by atoms with Crippen LogP contribution in [0, 0.1) is 13.8 Å². The first-order valence-corrected chi connectivity index (χ1v) is 13.7. The van der Waals surface area contributed by atoms with Gasteiger partial charge in [-0.15, -0.1) is 0 Å². The molecule has 1 N–H and O–H groups in total. The molecule has 41 heavy (non-hydrogen) atoms. The molecule has 6 aromatic rings. The van der Waals surface area contributed by atoms with E-state index in [1.54, 1.807) is 19.5 Å². The van der Waals surface area contributed by atoms with E-state index < -0.39 is 5.60 Å². The number of rotatable bonds is 7. The van der Waals surface area contributed by atoms with Crippen LogP contribution in [-0.2, 0) is 26.1 Å². The van der Waals surface area contributed by atoms with Gasteiger partial charge in [-0.1, -0.05) is 29.8 Å². The Morgan fingerprint density at radius 1 is 0.902 bits per heavy atom. The molecule has 9 heteroatoms. The Morgan fingerprint density at radius 3 is 2.05 bits per heavy atom. The molecule has 0 spiro atoms. The highest BCUT2D eigenvalue weighted by Crippen LogP contribution is 2.41. The Bertz CT molecular complexity index is 1820. The normalized spacial score (nSPS) is 11.9. The molecule has 0 atom stereocenters. The van der Waals surface area contributed by atoms with Crippen LogP contribution in [-0.4, -0.2) is 40.9 Å². The van der Waals surface area contributed by atoms with Gasteiger partial charge in [-0.05, 0) is 61.4 Å². The van der Waals surface area contributed by atoms with E-state index in [-0.39, 0.29) is 0 Å². The first-order valence-electron chi connectivity index (χ1n) is 13.3. The zero-order valence-corrected chi connectivity index (χ0v) is 24.4. The summed E-state index contributed by atoms with van der Waals surface area (Å²) in [6.45, 7) is 3.81. The fourth-order valence-electron chi connectivity index (χ4n) is 5.39. The first-order chi connectivity index (χ1) is 19.7.